The first kappa shape index (κ1) is 20.7. The van der Waals surface area contributed by atoms with Gasteiger partial charge >= 0.3 is 5.97 Å². The zero-order valence-corrected chi connectivity index (χ0v) is 15.4. The van der Waals surface area contributed by atoms with Crippen LogP contribution in [0.3, 0.4) is 0 Å². The van der Waals surface area contributed by atoms with Crippen LogP contribution in [-0.2, 0) is 4.79 Å². The van der Waals surface area contributed by atoms with E-state index in [0.717, 1.165) is 6.07 Å². The smallest absolute Gasteiger partial charge is 0.312 e. The maximum atomic E-state index is 12.6. The summed E-state index contributed by atoms with van der Waals surface area (Å²) in [5, 5.41) is 23.3. The number of nitrogens with zero attached hydrogens (tertiary/aromatic N) is 1. The number of benzene rings is 2. The predicted molar refractivity (Wildman–Crippen MR) is 100.0 cm³/mol. The summed E-state index contributed by atoms with van der Waals surface area (Å²) < 4.78 is 10.4. The maximum absolute atomic E-state index is 12.6. The number of ether oxygens (including phenoxy) is 2. The highest BCUT2D eigenvalue weighted by Gasteiger charge is 2.26. The van der Waals surface area contributed by atoms with Crippen molar-refractivity contribution in [1.82, 2.24) is 5.32 Å². The lowest BCUT2D eigenvalue weighted by Crippen LogP contribution is -2.32. The Kier molecular flexibility index (Phi) is 6.91. The molecule has 2 aromatic carbocycles. The van der Waals surface area contributed by atoms with E-state index in [-0.39, 0.29) is 30.2 Å². The molecule has 148 valence electrons. The lowest BCUT2D eigenvalue weighted by Gasteiger charge is -2.15. The molecule has 0 fully saturated rings. The largest absolute Gasteiger partial charge is 0.493 e. The lowest BCUT2D eigenvalue weighted by molar-refractivity contribution is -0.385. The number of nitrogens with one attached hydrogen (secondary N) is 1. The normalized spacial score (nSPS) is 11.4. The molecule has 2 aromatic rings. The molecule has 0 saturated heterocycles. The number of carboxylic acid groups (broad SMARTS) is 1. The number of amides is 1. The molecular formula is C19H20N2O7. The zero-order valence-electron chi connectivity index (χ0n) is 15.4. The molecule has 1 atom stereocenters. The molecule has 28 heavy (non-hydrogen) atoms. The fourth-order valence-electron chi connectivity index (χ4n) is 2.63. The number of carbonyl (C=O) groups is 2. The second-order valence-electron chi connectivity index (χ2n) is 5.72. The van der Waals surface area contributed by atoms with E-state index in [9.17, 15) is 24.8 Å². The Hall–Kier alpha value is -3.62. The summed E-state index contributed by atoms with van der Waals surface area (Å²) in [4.78, 5) is 34.8. The Morgan fingerprint density at radius 3 is 2.43 bits per heavy atom. The number of nitro benzene ring substituents is 1. The minimum atomic E-state index is -1.12. The van der Waals surface area contributed by atoms with Crippen LogP contribution in [0.25, 0.3) is 0 Å². The third-order valence-corrected chi connectivity index (χ3v) is 3.99. The standard InChI is InChI=1S/C19H20N2O7/c1-3-28-17-10-15(21(25)26)13(9-16(17)27-2)18(22)20-11-14(19(23)24)12-7-5-4-6-8-12/h4-10,14H,3,11H2,1-2H3,(H,20,22)(H,23,24). The van der Waals surface area contributed by atoms with Gasteiger partial charge in [-0.05, 0) is 12.5 Å². The van der Waals surface area contributed by atoms with Crippen molar-refractivity contribution >= 4 is 17.6 Å². The van der Waals surface area contributed by atoms with Crippen LogP contribution in [0.15, 0.2) is 42.5 Å². The molecule has 1 unspecified atom stereocenters. The quantitative estimate of drug-likeness (QED) is 0.499. The molecule has 2 N–H and O–H groups in total. The SMILES string of the molecule is CCOc1cc([N+](=O)[O-])c(C(=O)NCC(C(=O)O)c2ccccc2)cc1OC. The van der Waals surface area contributed by atoms with Gasteiger partial charge in [-0.3, -0.25) is 19.7 Å². The molecule has 0 aliphatic rings. The van der Waals surface area contributed by atoms with Gasteiger partial charge in [0, 0.05) is 12.6 Å². The number of aliphatic carboxylic acids is 1. The Morgan fingerprint density at radius 2 is 1.89 bits per heavy atom. The second kappa shape index (κ2) is 9.36. The summed E-state index contributed by atoms with van der Waals surface area (Å²) >= 11 is 0. The van der Waals surface area contributed by atoms with Gasteiger partial charge in [0.05, 0.1) is 30.6 Å². The molecule has 0 saturated carbocycles. The Bertz CT molecular complexity index is 868. The molecule has 0 bridgehead atoms. The van der Waals surface area contributed by atoms with Gasteiger partial charge in [0.25, 0.3) is 11.6 Å². The van der Waals surface area contributed by atoms with E-state index in [0.29, 0.717) is 5.56 Å². The molecule has 0 spiro atoms. The van der Waals surface area contributed by atoms with E-state index in [4.69, 9.17) is 9.47 Å². The van der Waals surface area contributed by atoms with Gasteiger partial charge in [0.1, 0.15) is 5.56 Å². The molecule has 0 aliphatic heterocycles. The zero-order chi connectivity index (χ0) is 20.7. The van der Waals surface area contributed by atoms with Crippen LogP contribution in [0.1, 0.15) is 28.8 Å². The number of hydrogen-bond acceptors (Lipinski definition) is 6. The summed E-state index contributed by atoms with van der Waals surface area (Å²) in [7, 11) is 1.35. The summed E-state index contributed by atoms with van der Waals surface area (Å²) in [6, 6.07) is 10.7. The van der Waals surface area contributed by atoms with Gasteiger partial charge in [0.2, 0.25) is 0 Å². The van der Waals surface area contributed by atoms with E-state index in [2.05, 4.69) is 5.32 Å². The second-order valence-corrected chi connectivity index (χ2v) is 5.72. The van der Waals surface area contributed by atoms with Gasteiger partial charge in [-0.15, -0.1) is 0 Å². The molecule has 0 radical (unpaired) electrons. The molecule has 0 aromatic heterocycles. The molecule has 1 amide bonds. The van der Waals surface area contributed by atoms with Crippen molar-refractivity contribution < 1.29 is 29.1 Å². The minimum Gasteiger partial charge on any atom is -0.493 e. The van der Waals surface area contributed by atoms with E-state index in [1.165, 1.54) is 13.2 Å². The molecule has 9 heteroatoms. The average molecular weight is 388 g/mol. The number of carboxylic acids is 1. The summed E-state index contributed by atoms with van der Waals surface area (Å²) in [5.41, 5.74) is -0.204. The first-order valence-corrected chi connectivity index (χ1v) is 8.44. The third-order valence-electron chi connectivity index (χ3n) is 3.99. The molecule has 0 heterocycles. The highest BCUT2D eigenvalue weighted by molar-refractivity contribution is 5.99. The third kappa shape index (κ3) is 4.76. The molecular weight excluding hydrogens is 368 g/mol. The van der Waals surface area contributed by atoms with Crippen LogP contribution in [0, 0.1) is 10.1 Å². The summed E-state index contributed by atoms with van der Waals surface area (Å²) in [5.74, 6) is -2.59. The lowest BCUT2D eigenvalue weighted by atomic mass is 9.99. The maximum Gasteiger partial charge on any atom is 0.312 e. The van der Waals surface area contributed by atoms with E-state index >= 15 is 0 Å². The average Bonchev–Trinajstić information content (AvgIpc) is 2.68. The first-order chi connectivity index (χ1) is 13.4. The van der Waals surface area contributed by atoms with Crippen LogP contribution < -0.4 is 14.8 Å². The van der Waals surface area contributed by atoms with Crippen LogP contribution in [0.5, 0.6) is 11.5 Å². The fourth-order valence-corrected chi connectivity index (χ4v) is 2.63. The number of rotatable bonds is 9. The van der Waals surface area contributed by atoms with E-state index < -0.39 is 28.4 Å². The van der Waals surface area contributed by atoms with E-state index in [1.807, 2.05) is 0 Å². The van der Waals surface area contributed by atoms with Crippen LogP contribution in [0.4, 0.5) is 5.69 Å². The van der Waals surface area contributed by atoms with Crippen LogP contribution in [0.2, 0.25) is 0 Å². The van der Waals surface area contributed by atoms with Gasteiger partial charge < -0.3 is 19.9 Å². The summed E-state index contributed by atoms with van der Waals surface area (Å²) in [6.45, 7) is 1.74. The number of carbonyl (C=O) groups excluding carboxylic acids is 1. The first-order valence-electron chi connectivity index (χ1n) is 8.44. The van der Waals surface area contributed by atoms with Crippen LogP contribution in [-0.4, -0.2) is 42.2 Å². The molecule has 2 rings (SSSR count). The highest BCUT2D eigenvalue weighted by Crippen LogP contribution is 2.34. The predicted octanol–water partition coefficient (Wildman–Crippen LogP) is 2.60. The van der Waals surface area contributed by atoms with Gasteiger partial charge in [-0.1, -0.05) is 30.3 Å². The van der Waals surface area contributed by atoms with Crippen molar-refractivity contribution in [1.29, 1.82) is 0 Å². The van der Waals surface area contributed by atoms with Gasteiger partial charge in [0.15, 0.2) is 11.5 Å². The Balaban J connectivity index is 2.29. The topological polar surface area (TPSA) is 128 Å². The highest BCUT2D eigenvalue weighted by atomic mass is 16.6. The van der Waals surface area contributed by atoms with Crippen molar-refractivity contribution in [3.05, 3.63) is 63.7 Å². The number of methoxy groups -OCH3 is 1. The molecule has 0 aliphatic carbocycles. The van der Waals surface area contributed by atoms with Crippen LogP contribution >= 0.6 is 0 Å². The van der Waals surface area contributed by atoms with Crippen molar-refractivity contribution in [2.75, 3.05) is 20.3 Å². The monoisotopic (exact) mass is 388 g/mol. The Morgan fingerprint density at radius 1 is 1.21 bits per heavy atom. The molecule has 9 nitrogen and oxygen atoms in total. The number of nitro groups is 1. The summed E-state index contributed by atoms with van der Waals surface area (Å²) in [6.07, 6.45) is 0. The number of hydrogen-bond donors (Lipinski definition) is 2. The van der Waals surface area contributed by atoms with Crippen molar-refractivity contribution in [2.24, 2.45) is 0 Å². The van der Waals surface area contributed by atoms with Gasteiger partial charge in [-0.2, -0.15) is 0 Å². The van der Waals surface area contributed by atoms with Crippen molar-refractivity contribution in [3.63, 3.8) is 0 Å². The van der Waals surface area contributed by atoms with Crippen molar-refractivity contribution in [2.45, 2.75) is 12.8 Å². The van der Waals surface area contributed by atoms with Crippen molar-refractivity contribution in [3.8, 4) is 11.5 Å². The van der Waals surface area contributed by atoms with E-state index in [1.54, 1.807) is 37.3 Å². The minimum absolute atomic E-state index is 0.140. The van der Waals surface area contributed by atoms with Gasteiger partial charge in [-0.25, -0.2) is 0 Å². The fraction of sp³-hybridized carbons (Fsp3) is 0.263. The Labute approximate surface area is 161 Å².